The van der Waals surface area contributed by atoms with Gasteiger partial charge in [-0.1, -0.05) is 0 Å². The number of anilines is 2. The first-order valence-electron chi connectivity index (χ1n) is 7.47. The lowest BCUT2D eigenvalue weighted by atomic mass is 10.1. The van der Waals surface area contributed by atoms with E-state index in [9.17, 15) is 19.8 Å². The van der Waals surface area contributed by atoms with E-state index in [1.165, 1.54) is 7.05 Å². The third kappa shape index (κ3) is 4.41. The van der Waals surface area contributed by atoms with Gasteiger partial charge in [0.2, 0.25) is 0 Å². The maximum atomic E-state index is 11.8. The summed E-state index contributed by atoms with van der Waals surface area (Å²) in [4.78, 5) is 25.3. The Labute approximate surface area is 134 Å². The number of nitrogens with one attached hydrogen (secondary N) is 3. The van der Waals surface area contributed by atoms with Gasteiger partial charge in [0.1, 0.15) is 0 Å². The Bertz CT molecular complexity index is 543. The summed E-state index contributed by atoms with van der Waals surface area (Å²) in [5.41, 5.74) is 1.53. The van der Waals surface area contributed by atoms with Crippen LogP contribution in [0.4, 0.5) is 11.4 Å². The number of amides is 2. The Kier molecular flexibility index (Phi) is 5.91. The molecule has 2 atom stereocenters. The number of nitrogens with zero attached hydrogens (tertiary/aromatic N) is 1. The number of carbonyl (C=O) groups excluding carboxylic acids is 2. The quantitative estimate of drug-likeness (QED) is 0.451. The molecule has 0 radical (unpaired) electrons. The van der Waals surface area contributed by atoms with Crippen LogP contribution in [0.5, 0.6) is 0 Å². The summed E-state index contributed by atoms with van der Waals surface area (Å²) in [6.07, 6.45) is -3.64. The summed E-state index contributed by atoms with van der Waals surface area (Å²) >= 11 is 0. The molecule has 1 aromatic rings. The zero-order valence-electron chi connectivity index (χ0n) is 13.0. The van der Waals surface area contributed by atoms with Crippen LogP contribution in [-0.4, -0.2) is 67.5 Å². The van der Waals surface area contributed by atoms with Gasteiger partial charge in [-0.25, -0.2) is 0 Å². The van der Waals surface area contributed by atoms with Gasteiger partial charge < -0.3 is 31.1 Å². The lowest BCUT2D eigenvalue weighted by Gasteiger charge is -2.29. The average molecular weight is 322 g/mol. The highest BCUT2D eigenvalue weighted by molar-refractivity contribution is 5.98. The van der Waals surface area contributed by atoms with E-state index in [-0.39, 0.29) is 0 Å². The highest BCUT2D eigenvalue weighted by Gasteiger charge is 2.29. The van der Waals surface area contributed by atoms with Crippen LogP contribution in [0.15, 0.2) is 24.3 Å². The molecule has 1 aliphatic heterocycles. The number of piperazine rings is 1. The van der Waals surface area contributed by atoms with Crippen molar-refractivity contribution < 1.29 is 19.8 Å². The summed E-state index contributed by atoms with van der Waals surface area (Å²) < 4.78 is 0. The van der Waals surface area contributed by atoms with Gasteiger partial charge >= 0.3 is 0 Å². The van der Waals surface area contributed by atoms with E-state index in [2.05, 4.69) is 20.9 Å². The molecule has 2 rings (SSSR count). The second kappa shape index (κ2) is 7.91. The molecule has 1 saturated heterocycles. The molecule has 0 bridgehead atoms. The summed E-state index contributed by atoms with van der Waals surface area (Å²) in [6, 6.07) is 7.19. The first kappa shape index (κ1) is 17.2. The molecule has 0 unspecified atom stereocenters. The fourth-order valence-electron chi connectivity index (χ4n) is 2.33. The second-order valence-corrected chi connectivity index (χ2v) is 5.28. The Morgan fingerprint density at radius 3 is 2.22 bits per heavy atom. The van der Waals surface area contributed by atoms with Crippen molar-refractivity contribution >= 4 is 23.2 Å². The smallest absolute Gasteiger partial charge is 0.256 e. The summed E-state index contributed by atoms with van der Waals surface area (Å²) in [6.45, 7) is 3.70. The van der Waals surface area contributed by atoms with E-state index in [1.54, 1.807) is 12.1 Å². The summed E-state index contributed by atoms with van der Waals surface area (Å²) in [5, 5.41) is 27.1. The van der Waals surface area contributed by atoms with Crippen LogP contribution < -0.4 is 20.9 Å². The molecule has 8 nitrogen and oxygen atoms in total. The molecular formula is C15H22N4O4. The summed E-state index contributed by atoms with van der Waals surface area (Å²) in [7, 11) is 1.31. The predicted octanol–water partition coefficient (Wildman–Crippen LogP) is -1.50. The minimum absolute atomic E-state index is 0.483. The highest BCUT2D eigenvalue weighted by atomic mass is 16.3. The van der Waals surface area contributed by atoms with E-state index in [1.807, 2.05) is 12.1 Å². The zero-order valence-corrected chi connectivity index (χ0v) is 13.0. The SMILES string of the molecule is CNC(=O)[C@H](O)[C@@H](O)C(=O)Nc1ccc(N2CCNCC2)cc1. The molecule has 2 amide bonds. The van der Waals surface area contributed by atoms with Gasteiger partial charge in [0.25, 0.3) is 11.8 Å². The minimum Gasteiger partial charge on any atom is -0.380 e. The van der Waals surface area contributed by atoms with Gasteiger partial charge in [0.05, 0.1) is 0 Å². The van der Waals surface area contributed by atoms with Crippen LogP contribution in [-0.2, 0) is 9.59 Å². The molecule has 0 spiro atoms. The topological polar surface area (TPSA) is 114 Å². The predicted molar refractivity (Wildman–Crippen MR) is 86.2 cm³/mol. The number of carbonyl (C=O) groups is 2. The van der Waals surface area contributed by atoms with E-state index >= 15 is 0 Å². The molecule has 1 aliphatic rings. The number of aliphatic hydroxyl groups excluding tert-OH is 2. The van der Waals surface area contributed by atoms with Crippen molar-refractivity contribution in [3.63, 3.8) is 0 Å². The standard InChI is InChI=1S/C15H22N4O4/c1-16-14(22)12(20)13(21)15(23)18-10-2-4-11(5-3-10)19-8-6-17-7-9-19/h2-5,12-13,17,20-21H,6-9H2,1H3,(H,16,22)(H,18,23)/t12-,13-/m1/s1. The minimum atomic E-state index is -1.83. The zero-order chi connectivity index (χ0) is 16.8. The maximum Gasteiger partial charge on any atom is 0.256 e. The van der Waals surface area contributed by atoms with Crippen molar-refractivity contribution in [1.29, 1.82) is 0 Å². The highest BCUT2D eigenvalue weighted by Crippen LogP contribution is 2.18. The van der Waals surface area contributed by atoms with Gasteiger partial charge in [-0.2, -0.15) is 0 Å². The fourth-order valence-corrected chi connectivity index (χ4v) is 2.33. The molecule has 0 saturated carbocycles. The van der Waals surface area contributed by atoms with Crippen molar-refractivity contribution in [2.45, 2.75) is 12.2 Å². The maximum absolute atomic E-state index is 11.8. The first-order valence-corrected chi connectivity index (χ1v) is 7.47. The van der Waals surface area contributed by atoms with Gasteiger partial charge in [-0.05, 0) is 24.3 Å². The molecule has 1 heterocycles. The average Bonchev–Trinajstić information content (AvgIpc) is 2.61. The fraction of sp³-hybridized carbons (Fsp3) is 0.467. The number of likely N-dealkylation sites (N-methyl/N-ethyl adjacent to an activating group) is 1. The Morgan fingerprint density at radius 1 is 1.09 bits per heavy atom. The lowest BCUT2D eigenvalue weighted by molar-refractivity contribution is -0.142. The number of rotatable bonds is 5. The Hall–Kier alpha value is -2.16. The monoisotopic (exact) mass is 322 g/mol. The van der Waals surface area contributed by atoms with Crippen LogP contribution in [0.25, 0.3) is 0 Å². The molecule has 1 fully saturated rings. The van der Waals surface area contributed by atoms with E-state index in [0.29, 0.717) is 5.69 Å². The van der Waals surface area contributed by atoms with E-state index in [0.717, 1.165) is 31.9 Å². The Morgan fingerprint density at radius 2 is 1.65 bits per heavy atom. The third-order valence-corrected chi connectivity index (χ3v) is 3.70. The number of aliphatic hydroxyl groups is 2. The number of hydrogen-bond donors (Lipinski definition) is 5. The van der Waals surface area contributed by atoms with Crippen LogP contribution in [0.3, 0.4) is 0 Å². The van der Waals surface area contributed by atoms with Crippen LogP contribution >= 0.6 is 0 Å². The second-order valence-electron chi connectivity index (χ2n) is 5.28. The van der Waals surface area contributed by atoms with Crippen molar-refractivity contribution in [2.75, 3.05) is 43.4 Å². The van der Waals surface area contributed by atoms with Crippen LogP contribution in [0.2, 0.25) is 0 Å². The molecule has 126 valence electrons. The molecule has 23 heavy (non-hydrogen) atoms. The van der Waals surface area contributed by atoms with Gasteiger partial charge in [-0.15, -0.1) is 0 Å². The number of hydrogen-bond acceptors (Lipinski definition) is 6. The van der Waals surface area contributed by atoms with Crippen molar-refractivity contribution in [2.24, 2.45) is 0 Å². The molecule has 0 aliphatic carbocycles. The molecule has 5 N–H and O–H groups in total. The summed E-state index contributed by atoms with van der Waals surface area (Å²) in [5.74, 6) is -1.65. The largest absolute Gasteiger partial charge is 0.380 e. The lowest BCUT2D eigenvalue weighted by Crippen LogP contribution is -2.46. The van der Waals surface area contributed by atoms with E-state index < -0.39 is 24.0 Å². The van der Waals surface area contributed by atoms with Crippen LogP contribution in [0.1, 0.15) is 0 Å². The molecular weight excluding hydrogens is 300 g/mol. The van der Waals surface area contributed by atoms with Crippen molar-refractivity contribution in [1.82, 2.24) is 10.6 Å². The molecule has 0 aromatic heterocycles. The van der Waals surface area contributed by atoms with Gasteiger partial charge in [-0.3, -0.25) is 9.59 Å². The van der Waals surface area contributed by atoms with Crippen molar-refractivity contribution in [3.05, 3.63) is 24.3 Å². The van der Waals surface area contributed by atoms with Gasteiger partial charge in [0, 0.05) is 44.6 Å². The number of benzene rings is 1. The Balaban J connectivity index is 1.94. The van der Waals surface area contributed by atoms with Crippen LogP contribution in [0, 0.1) is 0 Å². The first-order chi connectivity index (χ1) is 11.0. The third-order valence-electron chi connectivity index (χ3n) is 3.70. The van der Waals surface area contributed by atoms with Crippen molar-refractivity contribution in [3.8, 4) is 0 Å². The van der Waals surface area contributed by atoms with Gasteiger partial charge in [0.15, 0.2) is 12.2 Å². The molecule has 1 aromatic carbocycles. The van der Waals surface area contributed by atoms with E-state index in [4.69, 9.17) is 0 Å². The molecule has 8 heteroatoms. The normalized spacial score (nSPS) is 17.3.